The Morgan fingerprint density at radius 2 is 1.79 bits per heavy atom. The summed E-state index contributed by atoms with van der Waals surface area (Å²) in [6, 6.07) is 11.8. The molecular formula is C15H14N2OS. The van der Waals surface area contributed by atoms with Gasteiger partial charge in [-0.05, 0) is 55.3 Å². The van der Waals surface area contributed by atoms with Crippen LogP contribution in [0, 0.1) is 13.8 Å². The largest absolute Gasteiger partial charge is 0.431 e. The molecule has 3 rings (SSSR count). The van der Waals surface area contributed by atoms with Crippen LogP contribution in [0.2, 0.25) is 0 Å². The number of nitrogen functional groups attached to an aromatic ring is 1. The van der Waals surface area contributed by atoms with Crippen LogP contribution < -0.4 is 10.5 Å². The van der Waals surface area contributed by atoms with Crippen LogP contribution in [-0.2, 0) is 0 Å². The highest BCUT2D eigenvalue weighted by Gasteiger charge is 2.07. The standard InChI is InChI=1S/C15H14N2OS/c1-9-5-10(2)7-12(6-9)18-15-17-13-4-3-11(16)8-14(13)19-15/h3-8H,16H2,1-2H3. The molecule has 0 unspecified atom stereocenters. The highest BCUT2D eigenvalue weighted by atomic mass is 32.1. The number of rotatable bonds is 2. The van der Waals surface area contributed by atoms with Gasteiger partial charge in [0.2, 0.25) is 0 Å². The van der Waals surface area contributed by atoms with Crippen molar-refractivity contribution >= 4 is 27.2 Å². The van der Waals surface area contributed by atoms with Crippen molar-refractivity contribution in [2.45, 2.75) is 13.8 Å². The van der Waals surface area contributed by atoms with Crippen molar-refractivity contribution < 1.29 is 4.74 Å². The van der Waals surface area contributed by atoms with E-state index in [2.05, 4.69) is 24.9 Å². The molecule has 0 saturated carbocycles. The van der Waals surface area contributed by atoms with E-state index in [0.717, 1.165) is 21.7 Å². The minimum atomic E-state index is 0.644. The fourth-order valence-corrected chi connectivity index (χ4v) is 2.94. The van der Waals surface area contributed by atoms with E-state index in [9.17, 15) is 0 Å². The average Bonchev–Trinajstić information content (AvgIpc) is 2.68. The van der Waals surface area contributed by atoms with Gasteiger partial charge in [0.25, 0.3) is 5.19 Å². The van der Waals surface area contributed by atoms with E-state index < -0.39 is 0 Å². The monoisotopic (exact) mass is 270 g/mol. The van der Waals surface area contributed by atoms with Crippen molar-refractivity contribution in [2.24, 2.45) is 0 Å². The Morgan fingerprint density at radius 1 is 1.05 bits per heavy atom. The van der Waals surface area contributed by atoms with Crippen LogP contribution in [0.3, 0.4) is 0 Å². The quantitative estimate of drug-likeness (QED) is 0.707. The SMILES string of the molecule is Cc1cc(C)cc(Oc2nc3ccc(N)cc3s2)c1. The number of hydrogen-bond donors (Lipinski definition) is 1. The summed E-state index contributed by atoms with van der Waals surface area (Å²) < 4.78 is 6.87. The van der Waals surface area contributed by atoms with E-state index in [4.69, 9.17) is 10.5 Å². The smallest absolute Gasteiger partial charge is 0.279 e. The molecule has 19 heavy (non-hydrogen) atoms. The summed E-state index contributed by atoms with van der Waals surface area (Å²) in [5.74, 6) is 0.824. The lowest BCUT2D eigenvalue weighted by Gasteiger charge is -2.04. The molecule has 2 N–H and O–H groups in total. The maximum Gasteiger partial charge on any atom is 0.279 e. The third-order valence-electron chi connectivity index (χ3n) is 2.79. The Balaban J connectivity index is 1.96. The zero-order valence-electron chi connectivity index (χ0n) is 10.8. The zero-order chi connectivity index (χ0) is 13.4. The van der Waals surface area contributed by atoms with Gasteiger partial charge in [-0.25, -0.2) is 4.98 Å². The first-order chi connectivity index (χ1) is 9.10. The average molecular weight is 270 g/mol. The molecule has 0 saturated heterocycles. The van der Waals surface area contributed by atoms with Crippen LogP contribution in [0.4, 0.5) is 5.69 Å². The fourth-order valence-electron chi connectivity index (χ4n) is 2.06. The highest BCUT2D eigenvalue weighted by Crippen LogP contribution is 2.32. The van der Waals surface area contributed by atoms with Gasteiger partial charge in [-0.3, -0.25) is 0 Å². The predicted molar refractivity (Wildman–Crippen MR) is 80.0 cm³/mol. The van der Waals surface area contributed by atoms with Crippen LogP contribution in [0.5, 0.6) is 10.9 Å². The number of thiazole rings is 1. The molecule has 4 heteroatoms. The van der Waals surface area contributed by atoms with Gasteiger partial charge in [-0.15, -0.1) is 0 Å². The summed E-state index contributed by atoms with van der Waals surface area (Å²) in [6.45, 7) is 4.11. The molecular weight excluding hydrogens is 256 g/mol. The number of aryl methyl sites for hydroxylation is 2. The van der Waals surface area contributed by atoms with Crippen LogP contribution in [0.15, 0.2) is 36.4 Å². The zero-order valence-corrected chi connectivity index (χ0v) is 11.6. The number of benzene rings is 2. The summed E-state index contributed by atoms with van der Waals surface area (Å²) in [5, 5.41) is 0.644. The molecule has 3 nitrogen and oxygen atoms in total. The lowest BCUT2D eigenvalue weighted by atomic mass is 10.1. The lowest BCUT2D eigenvalue weighted by Crippen LogP contribution is -1.85. The molecule has 96 valence electrons. The van der Waals surface area contributed by atoms with Gasteiger partial charge in [0.05, 0.1) is 10.2 Å². The van der Waals surface area contributed by atoms with Crippen molar-refractivity contribution in [3.05, 3.63) is 47.5 Å². The second-order valence-corrected chi connectivity index (χ2v) is 5.63. The molecule has 0 aliphatic rings. The lowest BCUT2D eigenvalue weighted by molar-refractivity contribution is 0.479. The number of nitrogens with two attached hydrogens (primary N) is 1. The van der Waals surface area contributed by atoms with Gasteiger partial charge >= 0.3 is 0 Å². The van der Waals surface area contributed by atoms with E-state index >= 15 is 0 Å². The number of nitrogens with zero attached hydrogens (tertiary/aromatic N) is 1. The molecule has 0 bridgehead atoms. The Labute approximate surface area is 115 Å². The summed E-state index contributed by atoms with van der Waals surface area (Å²) >= 11 is 1.50. The van der Waals surface area contributed by atoms with Crippen molar-refractivity contribution in [1.29, 1.82) is 0 Å². The maximum absolute atomic E-state index is 5.83. The van der Waals surface area contributed by atoms with Gasteiger partial charge in [0.1, 0.15) is 5.75 Å². The summed E-state index contributed by atoms with van der Waals surface area (Å²) in [7, 11) is 0. The molecule has 0 fully saturated rings. The van der Waals surface area contributed by atoms with Gasteiger partial charge in [0.15, 0.2) is 0 Å². The number of ether oxygens (including phenoxy) is 1. The first kappa shape index (κ1) is 12.0. The van der Waals surface area contributed by atoms with Crippen LogP contribution in [0.25, 0.3) is 10.2 Å². The first-order valence-corrected chi connectivity index (χ1v) is 6.84. The molecule has 0 radical (unpaired) electrons. The number of fused-ring (bicyclic) bond motifs is 1. The van der Waals surface area contributed by atoms with E-state index in [1.54, 1.807) is 0 Å². The highest BCUT2D eigenvalue weighted by molar-refractivity contribution is 7.20. The molecule has 0 aliphatic carbocycles. The Morgan fingerprint density at radius 3 is 2.53 bits per heavy atom. The van der Waals surface area contributed by atoms with Crippen LogP contribution >= 0.6 is 11.3 Å². The van der Waals surface area contributed by atoms with Crippen molar-refractivity contribution in [1.82, 2.24) is 4.98 Å². The second-order valence-electron chi connectivity index (χ2n) is 4.63. The normalized spacial score (nSPS) is 10.8. The van der Waals surface area contributed by atoms with Crippen LogP contribution in [0.1, 0.15) is 11.1 Å². The summed E-state index contributed by atoms with van der Waals surface area (Å²) in [6.07, 6.45) is 0. The van der Waals surface area contributed by atoms with Gasteiger partial charge in [-0.2, -0.15) is 0 Å². The predicted octanol–water partition coefficient (Wildman–Crippen LogP) is 4.29. The number of anilines is 1. The first-order valence-electron chi connectivity index (χ1n) is 6.02. The van der Waals surface area contributed by atoms with Gasteiger partial charge in [-0.1, -0.05) is 17.4 Å². The second kappa shape index (κ2) is 4.55. The molecule has 0 amide bonds. The third-order valence-corrected chi connectivity index (χ3v) is 3.69. The minimum Gasteiger partial charge on any atom is -0.431 e. The van der Waals surface area contributed by atoms with Gasteiger partial charge < -0.3 is 10.5 Å². The van der Waals surface area contributed by atoms with E-state index in [-0.39, 0.29) is 0 Å². The maximum atomic E-state index is 5.83. The summed E-state index contributed by atoms with van der Waals surface area (Å²) in [5.41, 5.74) is 9.79. The van der Waals surface area contributed by atoms with Gasteiger partial charge in [0, 0.05) is 5.69 Å². The molecule has 0 aliphatic heterocycles. The summed E-state index contributed by atoms with van der Waals surface area (Å²) in [4.78, 5) is 4.45. The fraction of sp³-hybridized carbons (Fsp3) is 0.133. The topological polar surface area (TPSA) is 48.1 Å². The molecule has 2 aromatic carbocycles. The van der Waals surface area contributed by atoms with E-state index in [1.807, 2.05) is 30.3 Å². The van der Waals surface area contributed by atoms with E-state index in [0.29, 0.717) is 5.19 Å². The third kappa shape index (κ3) is 2.53. The molecule has 3 aromatic rings. The van der Waals surface area contributed by atoms with E-state index in [1.165, 1.54) is 22.5 Å². The Bertz CT molecular complexity index is 729. The number of aromatic nitrogens is 1. The molecule has 1 aromatic heterocycles. The Hall–Kier alpha value is -2.07. The molecule has 0 spiro atoms. The van der Waals surface area contributed by atoms with Crippen molar-refractivity contribution in [3.8, 4) is 10.9 Å². The van der Waals surface area contributed by atoms with Crippen molar-refractivity contribution in [2.75, 3.05) is 5.73 Å². The molecule has 1 heterocycles. The Kier molecular flexibility index (Phi) is 2.87. The number of hydrogen-bond acceptors (Lipinski definition) is 4. The minimum absolute atomic E-state index is 0.644. The van der Waals surface area contributed by atoms with Crippen LogP contribution in [-0.4, -0.2) is 4.98 Å². The van der Waals surface area contributed by atoms with Crippen molar-refractivity contribution in [3.63, 3.8) is 0 Å². The molecule has 0 atom stereocenters.